The molecule has 2 heterocycles. The molecule has 3 aromatic rings. The van der Waals surface area contributed by atoms with E-state index >= 15 is 0 Å². The molecular weight excluding hydrogens is 326 g/mol. The second kappa shape index (κ2) is 7.72. The van der Waals surface area contributed by atoms with Crippen molar-refractivity contribution in [2.75, 3.05) is 13.1 Å². The SMILES string of the molecule is CCN(CCc1nc2ccc(C)cc2[nH]1)C(=O)CCc1c(C)n[nH]c1C. The number of aromatic amines is 2. The average molecular weight is 353 g/mol. The topological polar surface area (TPSA) is 77.7 Å². The van der Waals surface area contributed by atoms with Gasteiger partial charge in [0.25, 0.3) is 0 Å². The van der Waals surface area contributed by atoms with Crippen LogP contribution in [0.2, 0.25) is 0 Å². The zero-order chi connectivity index (χ0) is 18.7. The van der Waals surface area contributed by atoms with Crippen LogP contribution in [0.1, 0.15) is 41.7 Å². The van der Waals surface area contributed by atoms with Crippen LogP contribution in [0.25, 0.3) is 11.0 Å². The number of aryl methyl sites for hydroxylation is 3. The maximum Gasteiger partial charge on any atom is 0.222 e. The number of imidazole rings is 1. The van der Waals surface area contributed by atoms with E-state index in [9.17, 15) is 4.79 Å². The Labute approximate surface area is 154 Å². The molecule has 0 atom stereocenters. The van der Waals surface area contributed by atoms with Crippen molar-refractivity contribution in [2.45, 2.75) is 47.0 Å². The third-order valence-electron chi connectivity index (χ3n) is 4.91. The minimum atomic E-state index is 0.180. The Morgan fingerprint density at radius 2 is 2.00 bits per heavy atom. The van der Waals surface area contributed by atoms with E-state index in [1.54, 1.807) is 0 Å². The van der Waals surface area contributed by atoms with Crippen molar-refractivity contribution in [3.63, 3.8) is 0 Å². The fourth-order valence-electron chi connectivity index (χ4n) is 3.33. The van der Waals surface area contributed by atoms with Gasteiger partial charge in [0.1, 0.15) is 5.82 Å². The summed E-state index contributed by atoms with van der Waals surface area (Å²) >= 11 is 0. The lowest BCUT2D eigenvalue weighted by molar-refractivity contribution is -0.130. The molecular formula is C20H27N5O. The molecule has 0 aliphatic heterocycles. The summed E-state index contributed by atoms with van der Waals surface area (Å²) in [7, 11) is 0. The molecule has 0 unspecified atom stereocenters. The van der Waals surface area contributed by atoms with Gasteiger partial charge in [-0.2, -0.15) is 5.10 Å². The highest BCUT2D eigenvalue weighted by Gasteiger charge is 2.15. The van der Waals surface area contributed by atoms with Gasteiger partial charge in [0.2, 0.25) is 5.91 Å². The van der Waals surface area contributed by atoms with Gasteiger partial charge < -0.3 is 9.88 Å². The number of hydrogen-bond acceptors (Lipinski definition) is 3. The number of rotatable bonds is 7. The Morgan fingerprint density at radius 3 is 2.69 bits per heavy atom. The second-order valence-electron chi connectivity index (χ2n) is 6.84. The van der Waals surface area contributed by atoms with Gasteiger partial charge in [-0.05, 0) is 57.4 Å². The molecule has 1 amide bonds. The molecule has 6 heteroatoms. The first-order chi connectivity index (χ1) is 12.5. The zero-order valence-corrected chi connectivity index (χ0v) is 16.0. The number of nitrogens with zero attached hydrogens (tertiary/aromatic N) is 3. The Morgan fingerprint density at radius 1 is 1.19 bits per heavy atom. The number of aromatic nitrogens is 4. The van der Waals surface area contributed by atoms with Gasteiger partial charge in [0.15, 0.2) is 0 Å². The number of likely N-dealkylation sites (N-methyl/N-ethyl adjacent to an activating group) is 1. The highest BCUT2D eigenvalue weighted by atomic mass is 16.2. The van der Waals surface area contributed by atoms with Crippen LogP contribution in [0, 0.1) is 20.8 Å². The molecule has 0 saturated carbocycles. The second-order valence-corrected chi connectivity index (χ2v) is 6.84. The van der Waals surface area contributed by atoms with Gasteiger partial charge in [0.05, 0.1) is 16.7 Å². The van der Waals surface area contributed by atoms with Crippen molar-refractivity contribution in [3.8, 4) is 0 Å². The van der Waals surface area contributed by atoms with Crippen molar-refractivity contribution in [2.24, 2.45) is 0 Å². The van der Waals surface area contributed by atoms with Crippen LogP contribution >= 0.6 is 0 Å². The normalized spacial score (nSPS) is 11.2. The van der Waals surface area contributed by atoms with Crippen LogP contribution in [0.3, 0.4) is 0 Å². The first kappa shape index (κ1) is 18.2. The summed E-state index contributed by atoms with van der Waals surface area (Å²) < 4.78 is 0. The molecule has 138 valence electrons. The fourth-order valence-corrected chi connectivity index (χ4v) is 3.33. The maximum atomic E-state index is 12.6. The summed E-state index contributed by atoms with van der Waals surface area (Å²) in [5, 5.41) is 7.18. The molecule has 2 aromatic heterocycles. The molecule has 0 aliphatic rings. The monoisotopic (exact) mass is 353 g/mol. The fraction of sp³-hybridized carbons (Fsp3) is 0.450. The molecule has 2 N–H and O–H groups in total. The Bertz CT molecular complexity index is 889. The largest absolute Gasteiger partial charge is 0.343 e. The van der Waals surface area contributed by atoms with Crippen molar-refractivity contribution < 1.29 is 4.79 Å². The third-order valence-corrected chi connectivity index (χ3v) is 4.91. The van der Waals surface area contributed by atoms with E-state index in [-0.39, 0.29) is 5.91 Å². The molecule has 6 nitrogen and oxygen atoms in total. The molecule has 3 rings (SSSR count). The molecule has 1 aromatic carbocycles. The predicted octanol–water partition coefficient (Wildman–Crippen LogP) is 3.24. The summed E-state index contributed by atoms with van der Waals surface area (Å²) in [6.07, 6.45) is 1.97. The summed E-state index contributed by atoms with van der Waals surface area (Å²) in [5.41, 5.74) is 6.43. The van der Waals surface area contributed by atoms with Crippen LogP contribution in [0.4, 0.5) is 0 Å². The van der Waals surface area contributed by atoms with Gasteiger partial charge in [-0.15, -0.1) is 0 Å². The smallest absolute Gasteiger partial charge is 0.222 e. The number of nitrogens with one attached hydrogen (secondary N) is 2. The number of amides is 1. The molecule has 0 radical (unpaired) electrons. The number of benzene rings is 1. The van der Waals surface area contributed by atoms with E-state index in [2.05, 4.69) is 39.2 Å². The first-order valence-electron chi connectivity index (χ1n) is 9.21. The van der Waals surface area contributed by atoms with Crippen LogP contribution < -0.4 is 0 Å². The van der Waals surface area contributed by atoms with E-state index in [1.165, 1.54) is 5.56 Å². The minimum Gasteiger partial charge on any atom is -0.343 e. The van der Waals surface area contributed by atoms with E-state index < -0.39 is 0 Å². The highest BCUT2D eigenvalue weighted by Crippen LogP contribution is 2.15. The summed E-state index contributed by atoms with van der Waals surface area (Å²) in [6.45, 7) is 9.46. The molecule has 0 bridgehead atoms. The number of carbonyl (C=O) groups excluding carboxylic acids is 1. The molecule has 0 aliphatic carbocycles. The van der Waals surface area contributed by atoms with Gasteiger partial charge in [-0.1, -0.05) is 6.07 Å². The summed E-state index contributed by atoms with van der Waals surface area (Å²) in [6, 6.07) is 6.20. The lowest BCUT2D eigenvalue weighted by Crippen LogP contribution is -2.33. The van der Waals surface area contributed by atoms with E-state index in [4.69, 9.17) is 0 Å². The number of hydrogen-bond donors (Lipinski definition) is 2. The van der Waals surface area contributed by atoms with Gasteiger partial charge in [-0.25, -0.2) is 4.98 Å². The molecule has 0 fully saturated rings. The summed E-state index contributed by atoms with van der Waals surface area (Å²) in [5.74, 6) is 1.11. The van der Waals surface area contributed by atoms with E-state index in [0.717, 1.165) is 46.7 Å². The van der Waals surface area contributed by atoms with Crippen LogP contribution in [0.5, 0.6) is 0 Å². The molecule has 0 spiro atoms. The third kappa shape index (κ3) is 3.95. The van der Waals surface area contributed by atoms with E-state index in [1.807, 2.05) is 31.7 Å². The van der Waals surface area contributed by atoms with Crippen LogP contribution in [0.15, 0.2) is 18.2 Å². The Balaban J connectivity index is 1.58. The lowest BCUT2D eigenvalue weighted by atomic mass is 10.1. The summed E-state index contributed by atoms with van der Waals surface area (Å²) in [4.78, 5) is 22.5. The average Bonchev–Trinajstić information content (AvgIpc) is 3.16. The van der Waals surface area contributed by atoms with Crippen LogP contribution in [-0.2, 0) is 17.6 Å². The Kier molecular flexibility index (Phi) is 5.40. The van der Waals surface area contributed by atoms with Crippen molar-refractivity contribution in [3.05, 3.63) is 46.5 Å². The first-order valence-corrected chi connectivity index (χ1v) is 9.21. The number of carbonyl (C=O) groups is 1. The van der Waals surface area contributed by atoms with Gasteiger partial charge >= 0.3 is 0 Å². The predicted molar refractivity (Wildman–Crippen MR) is 103 cm³/mol. The van der Waals surface area contributed by atoms with Crippen molar-refractivity contribution >= 4 is 16.9 Å². The minimum absolute atomic E-state index is 0.180. The van der Waals surface area contributed by atoms with Gasteiger partial charge in [0, 0.05) is 31.6 Å². The molecule has 0 saturated heterocycles. The van der Waals surface area contributed by atoms with Gasteiger partial charge in [-0.3, -0.25) is 9.89 Å². The number of H-pyrrole nitrogens is 2. The standard InChI is InChI=1S/C20H27N5O/c1-5-25(20(26)9-7-16-14(3)23-24-15(16)4)11-10-19-21-17-8-6-13(2)12-18(17)22-19/h6,8,12H,5,7,9-11H2,1-4H3,(H,21,22)(H,23,24). The number of fused-ring (bicyclic) bond motifs is 1. The van der Waals surface area contributed by atoms with Crippen molar-refractivity contribution in [1.82, 2.24) is 25.1 Å². The lowest BCUT2D eigenvalue weighted by Gasteiger charge is -2.20. The van der Waals surface area contributed by atoms with E-state index in [0.29, 0.717) is 19.5 Å². The quantitative estimate of drug-likeness (QED) is 0.684. The maximum absolute atomic E-state index is 12.6. The Hall–Kier alpha value is -2.63. The van der Waals surface area contributed by atoms with Crippen LogP contribution in [-0.4, -0.2) is 44.1 Å². The van der Waals surface area contributed by atoms with Crippen molar-refractivity contribution in [1.29, 1.82) is 0 Å². The zero-order valence-electron chi connectivity index (χ0n) is 16.0. The molecule has 26 heavy (non-hydrogen) atoms. The highest BCUT2D eigenvalue weighted by molar-refractivity contribution is 5.77.